The number of rotatable bonds is 5. The summed E-state index contributed by atoms with van der Waals surface area (Å²) < 4.78 is 2.30. The zero-order chi connectivity index (χ0) is 42.1. The maximum Gasteiger partial charge on any atom is 0.127 e. The Balaban J connectivity index is 0.00000514. The second-order valence-corrected chi connectivity index (χ2v) is 19.2. The quantitative estimate of drug-likeness (QED) is 0.175. The van der Waals surface area contributed by atoms with Crippen LogP contribution in [0, 0.1) is 6.07 Å². The molecular formula is C56H52N3OPt-. The largest absolute Gasteiger partial charge is 0.507 e. The molecule has 0 aliphatic heterocycles. The monoisotopic (exact) mass is 977 g/mol. The van der Waals surface area contributed by atoms with Crippen LogP contribution in [0.4, 0.5) is 0 Å². The Morgan fingerprint density at radius 2 is 1.21 bits per heavy atom. The number of para-hydroxylation sites is 1. The SMILES string of the molecule is CC(C)(C)c1ccc(-n2c(-c3[c-]c(-c4cc(C(C)(C)C)cc5cccnc45)ccc3)nc3c(-c4c(O)c(C(C)(C)C)cc5ccccc45)cccc32)c(-c2ccccc2)c1.[Pt]. The molecular weight excluding hydrogens is 926 g/mol. The first-order chi connectivity index (χ1) is 28.6. The summed E-state index contributed by atoms with van der Waals surface area (Å²) in [6.07, 6.45) is 1.87. The van der Waals surface area contributed by atoms with Crippen LogP contribution in [0.2, 0.25) is 0 Å². The third-order valence-corrected chi connectivity index (χ3v) is 11.9. The Kier molecular flexibility index (Phi) is 10.7. The Morgan fingerprint density at radius 1 is 0.541 bits per heavy atom. The van der Waals surface area contributed by atoms with Gasteiger partial charge >= 0.3 is 0 Å². The Labute approximate surface area is 374 Å². The predicted octanol–water partition coefficient (Wildman–Crippen LogP) is 14.8. The van der Waals surface area contributed by atoms with Crippen molar-refractivity contribution >= 4 is 32.7 Å². The van der Waals surface area contributed by atoms with E-state index in [1.54, 1.807) is 0 Å². The van der Waals surface area contributed by atoms with Crippen molar-refractivity contribution in [3.8, 4) is 56.2 Å². The molecule has 1 N–H and O–H groups in total. The standard InChI is InChI=1S/C56H52N3O.Pt/c1-54(2,3)40-27-28-47(44(33-40)35-18-11-10-12-19-35)59-48-26-16-25-43(49-42-24-14-13-20-37(42)32-46(52(49)60)56(7,8)9)51(48)58-53(59)39-22-15-21-36(30-39)45-34-41(55(4,5)6)31-38-23-17-29-57-50(38)45;/h10-29,31-34,60H,1-9H3;/q-1;. The fourth-order valence-corrected chi connectivity index (χ4v) is 8.54. The molecule has 0 amide bonds. The van der Waals surface area contributed by atoms with Crippen LogP contribution in [0.5, 0.6) is 5.75 Å². The molecule has 61 heavy (non-hydrogen) atoms. The van der Waals surface area contributed by atoms with Crippen LogP contribution < -0.4 is 0 Å². The Bertz CT molecular complexity index is 3100. The molecule has 0 saturated carbocycles. The molecule has 0 bridgehead atoms. The molecule has 0 aliphatic rings. The molecule has 0 radical (unpaired) electrons. The van der Waals surface area contributed by atoms with E-state index in [2.05, 4.69) is 200 Å². The van der Waals surface area contributed by atoms with Gasteiger partial charge in [0, 0.05) is 60.7 Å². The van der Waals surface area contributed by atoms with Crippen molar-refractivity contribution in [1.29, 1.82) is 0 Å². The van der Waals surface area contributed by atoms with Crippen molar-refractivity contribution in [2.24, 2.45) is 0 Å². The zero-order valence-corrected chi connectivity index (χ0v) is 38.7. The number of aromatic nitrogens is 3. The number of fused-ring (bicyclic) bond motifs is 3. The van der Waals surface area contributed by atoms with Gasteiger partial charge in [-0.15, -0.1) is 29.8 Å². The van der Waals surface area contributed by atoms with Crippen LogP contribution in [0.15, 0.2) is 146 Å². The number of pyridine rings is 1. The molecule has 5 heteroatoms. The maximum absolute atomic E-state index is 12.3. The minimum absolute atomic E-state index is 0. The van der Waals surface area contributed by atoms with Gasteiger partial charge in [-0.3, -0.25) is 9.97 Å². The van der Waals surface area contributed by atoms with Gasteiger partial charge in [-0.25, -0.2) is 0 Å². The van der Waals surface area contributed by atoms with Gasteiger partial charge in [-0.1, -0.05) is 164 Å². The number of hydrogen-bond donors (Lipinski definition) is 1. The molecule has 9 rings (SSSR count). The minimum atomic E-state index is -0.292. The zero-order valence-electron chi connectivity index (χ0n) is 36.5. The van der Waals surface area contributed by atoms with Crippen molar-refractivity contribution in [2.45, 2.75) is 78.6 Å². The minimum Gasteiger partial charge on any atom is -0.507 e. The van der Waals surface area contributed by atoms with E-state index in [4.69, 9.17) is 9.97 Å². The molecule has 0 atom stereocenters. The van der Waals surface area contributed by atoms with Crippen molar-refractivity contribution in [2.75, 3.05) is 0 Å². The van der Waals surface area contributed by atoms with Gasteiger partial charge in [0.15, 0.2) is 0 Å². The maximum atomic E-state index is 12.3. The molecule has 4 nitrogen and oxygen atoms in total. The average molecular weight is 978 g/mol. The smallest absolute Gasteiger partial charge is 0.127 e. The van der Waals surface area contributed by atoms with Crippen LogP contribution in [-0.4, -0.2) is 19.6 Å². The number of imidazole rings is 1. The van der Waals surface area contributed by atoms with Crippen LogP contribution in [0.1, 0.15) is 79.0 Å². The van der Waals surface area contributed by atoms with E-state index in [0.29, 0.717) is 0 Å². The van der Waals surface area contributed by atoms with Gasteiger partial charge in [0.05, 0.1) is 16.9 Å². The van der Waals surface area contributed by atoms with Gasteiger partial charge < -0.3 is 9.67 Å². The van der Waals surface area contributed by atoms with E-state index in [1.807, 2.05) is 18.3 Å². The fourth-order valence-electron chi connectivity index (χ4n) is 8.54. The summed E-state index contributed by atoms with van der Waals surface area (Å²) in [5.41, 5.74) is 13.4. The molecule has 0 saturated heterocycles. The fraction of sp³-hybridized carbons (Fsp3) is 0.214. The third-order valence-electron chi connectivity index (χ3n) is 11.9. The number of benzene rings is 7. The first-order valence-electron chi connectivity index (χ1n) is 21.0. The molecule has 0 unspecified atom stereocenters. The van der Waals surface area contributed by atoms with E-state index in [1.165, 1.54) is 11.1 Å². The topological polar surface area (TPSA) is 50.9 Å². The normalized spacial score (nSPS) is 12.3. The predicted molar refractivity (Wildman–Crippen MR) is 252 cm³/mol. The van der Waals surface area contributed by atoms with Crippen LogP contribution in [-0.2, 0) is 37.3 Å². The number of aromatic hydroxyl groups is 1. The molecule has 308 valence electrons. The van der Waals surface area contributed by atoms with Gasteiger partial charge in [0.25, 0.3) is 0 Å². The van der Waals surface area contributed by atoms with Crippen molar-refractivity contribution < 1.29 is 26.2 Å². The van der Waals surface area contributed by atoms with Gasteiger partial charge in [-0.05, 0) is 79.4 Å². The molecule has 0 aliphatic carbocycles. The van der Waals surface area contributed by atoms with Gasteiger partial charge in [0.1, 0.15) is 5.75 Å². The van der Waals surface area contributed by atoms with E-state index >= 15 is 0 Å². The summed E-state index contributed by atoms with van der Waals surface area (Å²) in [5, 5.41) is 15.5. The summed E-state index contributed by atoms with van der Waals surface area (Å²) in [4.78, 5) is 10.5. The van der Waals surface area contributed by atoms with Crippen LogP contribution in [0.3, 0.4) is 0 Å². The summed E-state index contributed by atoms with van der Waals surface area (Å²) >= 11 is 0. The molecule has 2 heterocycles. The number of hydrogen-bond acceptors (Lipinski definition) is 3. The molecule has 7 aromatic carbocycles. The number of phenols is 1. The Morgan fingerprint density at radius 3 is 1.95 bits per heavy atom. The van der Waals surface area contributed by atoms with E-state index in [0.717, 1.165) is 88.7 Å². The first-order valence-corrected chi connectivity index (χ1v) is 21.0. The van der Waals surface area contributed by atoms with Crippen LogP contribution >= 0.6 is 0 Å². The second kappa shape index (κ2) is 15.6. The third kappa shape index (κ3) is 7.61. The van der Waals surface area contributed by atoms with Gasteiger partial charge in [0.2, 0.25) is 0 Å². The molecule has 9 aromatic rings. The summed E-state index contributed by atoms with van der Waals surface area (Å²) in [7, 11) is 0. The molecule has 2 aromatic heterocycles. The Hall–Kier alpha value is -5.83. The van der Waals surface area contributed by atoms with E-state index in [-0.39, 0.29) is 43.1 Å². The summed E-state index contributed by atoms with van der Waals surface area (Å²) in [5.74, 6) is 1.05. The second-order valence-electron chi connectivity index (χ2n) is 19.2. The summed E-state index contributed by atoms with van der Waals surface area (Å²) in [6, 6.07) is 53.2. The van der Waals surface area contributed by atoms with Crippen molar-refractivity contribution in [3.63, 3.8) is 0 Å². The van der Waals surface area contributed by atoms with Crippen LogP contribution in [0.25, 0.3) is 83.2 Å². The van der Waals surface area contributed by atoms with Crippen molar-refractivity contribution in [1.82, 2.24) is 14.5 Å². The molecule has 0 spiro atoms. The van der Waals surface area contributed by atoms with E-state index < -0.39 is 0 Å². The average Bonchev–Trinajstić information content (AvgIpc) is 3.62. The number of phenolic OH excluding ortho intramolecular Hbond substituents is 1. The van der Waals surface area contributed by atoms with Crippen molar-refractivity contribution in [3.05, 3.63) is 168 Å². The number of nitrogens with zero attached hydrogens (tertiary/aromatic N) is 3. The summed E-state index contributed by atoms with van der Waals surface area (Å²) in [6.45, 7) is 20.0. The van der Waals surface area contributed by atoms with E-state index in [9.17, 15) is 5.11 Å². The van der Waals surface area contributed by atoms with Gasteiger partial charge in [-0.2, -0.15) is 0 Å². The first kappa shape index (κ1) is 41.9. The molecule has 0 fully saturated rings.